The predicted molar refractivity (Wildman–Crippen MR) is 95.1 cm³/mol. The van der Waals surface area contributed by atoms with Crippen LogP contribution in [0.4, 0.5) is 16.2 Å². The second-order valence-corrected chi connectivity index (χ2v) is 6.41. The van der Waals surface area contributed by atoms with Crippen molar-refractivity contribution in [3.8, 4) is 5.75 Å². The fraction of sp³-hybridized carbons (Fsp3) is 0.222. The van der Waals surface area contributed by atoms with Crippen molar-refractivity contribution >= 4 is 34.9 Å². The van der Waals surface area contributed by atoms with Crippen molar-refractivity contribution in [1.82, 2.24) is 4.90 Å². The molecule has 2 aromatic carbocycles. The number of halogens is 1. The number of fused-ring (bicyclic) bond motifs is 1. The second-order valence-electron chi connectivity index (χ2n) is 6.00. The first kappa shape index (κ1) is 15.8. The summed E-state index contributed by atoms with van der Waals surface area (Å²) in [5, 5.41) is 5.86. The van der Waals surface area contributed by atoms with Gasteiger partial charge in [0.2, 0.25) is 0 Å². The molecule has 1 atom stereocenters. The van der Waals surface area contributed by atoms with Gasteiger partial charge >= 0.3 is 6.03 Å². The summed E-state index contributed by atoms with van der Waals surface area (Å²) in [4.78, 5) is 25.7. The number of urea groups is 1. The van der Waals surface area contributed by atoms with Crippen LogP contribution in [0.5, 0.6) is 5.75 Å². The Morgan fingerprint density at radius 3 is 2.80 bits per heavy atom. The fourth-order valence-electron chi connectivity index (χ4n) is 3.04. The molecule has 0 spiro atoms. The summed E-state index contributed by atoms with van der Waals surface area (Å²) in [6, 6.07) is 13.0. The molecule has 0 saturated carbocycles. The molecule has 0 bridgehead atoms. The van der Waals surface area contributed by atoms with Gasteiger partial charge in [0.25, 0.3) is 5.91 Å². The number of hydrogen-bond acceptors (Lipinski definition) is 3. The van der Waals surface area contributed by atoms with E-state index < -0.39 is 0 Å². The number of nitrogens with zero attached hydrogens (tertiary/aromatic N) is 1. The van der Waals surface area contributed by atoms with E-state index in [2.05, 4.69) is 10.6 Å². The van der Waals surface area contributed by atoms with Crippen LogP contribution in [0.2, 0.25) is 5.02 Å². The monoisotopic (exact) mass is 357 g/mol. The van der Waals surface area contributed by atoms with E-state index in [1.165, 1.54) is 0 Å². The van der Waals surface area contributed by atoms with Crippen molar-refractivity contribution in [3.05, 3.63) is 53.1 Å². The van der Waals surface area contributed by atoms with Crippen LogP contribution in [-0.2, 0) is 4.79 Å². The number of anilines is 2. The third-order valence-corrected chi connectivity index (χ3v) is 4.72. The van der Waals surface area contributed by atoms with E-state index in [1.807, 2.05) is 30.3 Å². The summed E-state index contributed by atoms with van der Waals surface area (Å²) < 4.78 is 5.37. The average molecular weight is 358 g/mol. The molecule has 1 saturated heterocycles. The van der Waals surface area contributed by atoms with Crippen LogP contribution in [0.1, 0.15) is 18.0 Å². The first-order valence-electron chi connectivity index (χ1n) is 8.00. The molecule has 2 aromatic rings. The molecule has 2 N–H and O–H groups in total. The number of carbonyl (C=O) groups is 2. The number of benzene rings is 2. The summed E-state index contributed by atoms with van der Waals surface area (Å²) in [7, 11) is 0. The van der Waals surface area contributed by atoms with Gasteiger partial charge in [-0.3, -0.25) is 4.79 Å². The van der Waals surface area contributed by atoms with Gasteiger partial charge in [-0.25, -0.2) is 4.79 Å². The summed E-state index contributed by atoms with van der Waals surface area (Å²) in [6.07, 6.45) is 0.935. The topological polar surface area (TPSA) is 70.7 Å². The highest BCUT2D eigenvalue weighted by Crippen LogP contribution is 2.38. The van der Waals surface area contributed by atoms with E-state index in [1.54, 1.807) is 17.0 Å². The maximum Gasteiger partial charge on any atom is 0.322 e. The van der Waals surface area contributed by atoms with Crippen molar-refractivity contribution in [3.63, 3.8) is 0 Å². The lowest BCUT2D eigenvalue weighted by atomic mass is 9.95. The van der Waals surface area contributed by atoms with Gasteiger partial charge in [-0.1, -0.05) is 41.9 Å². The van der Waals surface area contributed by atoms with E-state index in [0.29, 0.717) is 28.7 Å². The Bertz CT molecular complexity index is 841. The molecule has 2 aliphatic heterocycles. The molecule has 0 aliphatic carbocycles. The summed E-state index contributed by atoms with van der Waals surface area (Å²) in [5.74, 6) is 0.258. The van der Waals surface area contributed by atoms with E-state index in [9.17, 15) is 9.59 Å². The van der Waals surface area contributed by atoms with Crippen LogP contribution in [0.15, 0.2) is 42.5 Å². The molecule has 1 unspecified atom stereocenters. The zero-order chi connectivity index (χ0) is 17.4. The standard InChI is InChI=1S/C18H16ClN3O3/c19-12-8-14-16(25-10-17(23)20-14)9-13(12)21-18(24)22-7-6-15(22)11-4-2-1-3-5-11/h1-5,8-9,15H,6-7,10H2,(H,20,23)(H,21,24). The van der Waals surface area contributed by atoms with E-state index in [-0.39, 0.29) is 24.6 Å². The SMILES string of the molecule is O=C1COc2cc(NC(=O)N3CCC3c3ccccc3)c(Cl)cc2N1. The first-order valence-corrected chi connectivity index (χ1v) is 8.38. The minimum atomic E-state index is -0.230. The lowest BCUT2D eigenvalue weighted by Gasteiger charge is -2.41. The minimum absolute atomic E-state index is 0.0514. The summed E-state index contributed by atoms with van der Waals surface area (Å²) in [5.41, 5.74) is 2.08. The highest BCUT2D eigenvalue weighted by molar-refractivity contribution is 6.34. The number of nitrogens with one attached hydrogen (secondary N) is 2. The molecule has 0 aromatic heterocycles. The molecule has 2 heterocycles. The smallest absolute Gasteiger partial charge is 0.322 e. The third kappa shape index (κ3) is 3.00. The van der Waals surface area contributed by atoms with Crippen LogP contribution >= 0.6 is 11.6 Å². The quantitative estimate of drug-likeness (QED) is 0.861. The Morgan fingerprint density at radius 1 is 1.28 bits per heavy atom. The second kappa shape index (κ2) is 6.29. The van der Waals surface area contributed by atoms with Gasteiger partial charge < -0.3 is 20.3 Å². The Hall–Kier alpha value is -2.73. The number of likely N-dealkylation sites (tertiary alicyclic amines) is 1. The Kier molecular flexibility index (Phi) is 3.97. The van der Waals surface area contributed by atoms with E-state index >= 15 is 0 Å². The summed E-state index contributed by atoms with van der Waals surface area (Å²) >= 11 is 6.23. The average Bonchev–Trinajstić information content (AvgIpc) is 2.56. The van der Waals surface area contributed by atoms with Crippen LogP contribution in [0, 0.1) is 0 Å². The number of carbonyl (C=O) groups excluding carboxylic acids is 2. The fourth-order valence-corrected chi connectivity index (χ4v) is 3.25. The highest BCUT2D eigenvalue weighted by Gasteiger charge is 2.33. The van der Waals surface area contributed by atoms with Crippen molar-refractivity contribution < 1.29 is 14.3 Å². The maximum absolute atomic E-state index is 12.6. The van der Waals surface area contributed by atoms with Gasteiger partial charge in [0.05, 0.1) is 22.4 Å². The molecule has 6 nitrogen and oxygen atoms in total. The van der Waals surface area contributed by atoms with E-state index in [0.717, 1.165) is 12.0 Å². The van der Waals surface area contributed by atoms with Crippen LogP contribution in [0.25, 0.3) is 0 Å². The first-order chi connectivity index (χ1) is 12.1. The molecule has 128 valence electrons. The van der Waals surface area contributed by atoms with Crippen LogP contribution < -0.4 is 15.4 Å². The molecule has 7 heteroatoms. The lowest BCUT2D eigenvalue weighted by molar-refractivity contribution is -0.118. The Labute approximate surface area is 149 Å². The maximum atomic E-state index is 12.6. The molecule has 1 fully saturated rings. The Balaban J connectivity index is 1.51. The molecule has 25 heavy (non-hydrogen) atoms. The molecule has 0 radical (unpaired) electrons. The van der Waals surface area contributed by atoms with E-state index in [4.69, 9.17) is 16.3 Å². The van der Waals surface area contributed by atoms with Crippen molar-refractivity contribution in [2.45, 2.75) is 12.5 Å². The van der Waals surface area contributed by atoms with Crippen LogP contribution in [0.3, 0.4) is 0 Å². The molecule has 4 rings (SSSR count). The minimum Gasteiger partial charge on any atom is -0.482 e. The number of hydrogen-bond donors (Lipinski definition) is 2. The Morgan fingerprint density at radius 2 is 2.08 bits per heavy atom. The normalized spacial score (nSPS) is 18.5. The molecule has 3 amide bonds. The number of ether oxygens (including phenoxy) is 1. The lowest BCUT2D eigenvalue weighted by Crippen LogP contribution is -2.47. The van der Waals surface area contributed by atoms with Crippen molar-refractivity contribution in [1.29, 1.82) is 0 Å². The zero-order valence-electron chi connectivity index (χ0n) is 13.3. The molecular formula is C18H16ClN3O3. The highest BCUT2D eigenvalue weighted by atomic mass is 35.5. The van der Waals surface area contributed by atoms with Gasteiger partial charge in [0, 0.05) is 12.6 Å². The molecular weight excluding hydrogens is 342 g/mol. The van der Waals surface area contributed by atoms with Gasteiger partial charge in [-0.15, -0.1) is 0 Å². The van der Waals surface area contributed by atoms with Gasteiger partial charge in [-0.05, 0) is 18.1 Å². The van der Waals surface area contributed by atoms with Gasteiger partial charge in [0.1, 0.15) is 5.75 Å². The summed E-state index contributed by atoms with van der Waals surface area (Å²) in [6.45, 7) is 0.644. The number of amides is 3. The zero-order valence-corrected chi connectivity index (χ0v) is 14.0. The van der Waals surface area contributed by atoms with Gasteiger partial charge in [0.15, 0.2) is 6.61 Å². The van der Waals surface area contributed by atoms with Crippen molar-refractivity contribution in [2.75, 3.05) is 23.8 Å². The van der Waals surface area contributed by atoms with Crippen LogP contribution in [-0.4, -0.2) is 30.0 Å². The largest absolute Gasteiger partial charge is 0.482 e. The van der Waals surface area contributed by atoms with Crippen molar-refractivity contribution in [2.24, 2.45) is 0 Å². The predicted octanol–water partition coefficient (Wildman–Crippen LogP) is 3.65. The number of rotatable bonds is 2. The van der Waals surface area contributed by atoms with Gasteiger partial charge in [-0.2, -0.15) is 0 Å². The molecule has 2 aliphatic rings. The third-order valence-electron chi connectivity index (χ3n) is 4.41.